The zero-order valence-electron chi connectivity index (χ0n) is 12.3. The smallest absolute Gasteiger partial charge is 0.303 e. The van der Waals surface area contributed by atoms with Crippen LogP contribution in [0.1, 0.15) is 36.9 Å². The van der Waals surface area contributed by atoms with Gasteiger partial charge < -0.3 is 15.0 Å². The second kappa shape index (κ2) is 4.60. The fraction of sp³-hybridized carbons (Fsp3) is 0.412. The third-order valence-corrected chi connectivity index (χ3v) is 5.19. The number of amides is 1. The van der Waals surface area contributed by atoms with Crippen LogP contribution in [-0.2, 0) is 21.5 Å². The van der Waals surface area contributed by atoms with E-state index in [9.17, 15) is 9.59 Å². The van der Waals surface area contributed by atoms with Gasteiger partial charge in [0.15, 0.2) is 0 Å². The van der Waals surface area contributed by atoms with E-state index in [2.05, 4.69) is 11.1 Å². The molecule has 0 radical (unpaired) electrons. The summed E-state index contributed by atoms with van der Waals surface area (Å²) in [5.74, 6) is -0.661. The van der Waals surface area contributed by atoms with Gasteiger partial charge in [-0.2, -0.15) is 0 Å². The number of H-pyrrole nitrogens is 1. The molecule has 1 aromatic heterocycles. The average molecular weight is 298 g/mol. The Bertz CT molecular complexity index is 779. The maximum atomic E-state index is 12.2. The van der Waals surface area contributed by atoms with E-state index >= 15 is 0 Å². The van der Waals surface area contributed by atoms with Crippen molar-refractivity contribution in [3.63, 3.8) is 0 Å². The summed E-state index contributed by atoms with van der Waals surface area (Å²) in [4.78, 5) is 28.7. The molecule has 2 aliphatic rings. The first-order valence-electron chi connectivity index (χ1n) is 7.74. The minimum Gasteiger partial charge on any atom is -0.481 e. The van der Waals surface area contributed by atoms with Crippen LogP contribution in [0.15, 0.2) is 24.3 Å². The normalized spacial score (nSPS) is 23.6. The number of carboxylic acid groups (broad SMARTS) is 1. The largest absolute Gasteiger partial charge is 0.481 e. The van der Waals surface area contributed by atoms with E-state index < -0.39 is 11.5 Å². The first-order valence-corrected chi connectivity index (χ1v) is 7.74. The molecule has 1 saturated heterocycles. The number of hydrogen-bond donors (Lipinski definition) is 2. The van der Waals surface area contributed by atoms with Crippen molar-refractivity contribution < 1.29 is 14.7 Å². The maximum Gasteiger partial charge on any atom is 0.303 e. The Balaban J connectivity index is 1.89. The molecule has 4 rings (SSSR count). The molecular formula is C17H18N2O3. The van der Waals surface area contributed by atoms with Gasteiger partial charge in [-0.1, -0.05) is 18.2 Å². The van der Waals surface area contributed by atoms with Crippen LogP contribution in [0.2, 0.25) is 0 Å². The fourth-order valence-corrected chi connectivity index (χ4v) is 4.20. The van der Waals surface area contributed by atoms with Crippen molar-refractivity contribution in [2.75, 3.05) is 6.54 Å². The summed E-state index contributed by atoms with van der Waals surface area (Å²) in [6, 6.07) is 8.15. The van der Waals surface area contributed by atoms with Gasteiger partial charge in [0, 0.05) is 36.0 Å². The van der Waals surface area contributed by atoms with Crippen molar-refractivity contribution in [1.82, 2.24) is 9.88 Å². The number of carboxylic acids is 1. The Hall–Kier alpha value is -2.30. The molecule has 5 nitrogen and oxygen atoms in total. The number of nitrogens with one attached hydrogen (secondary N) is 1. The van der Waals surface area contributed by atoms with E-state index in [0.717, 1.165) is 17.6 Å². The molecule has 0 aliphatic carbocycles. The number of carbonyl (C=O) groups excluding carboxylic acids is 1. The van der Waals surface area contributed by atoms with Crippen LogP contribution < -0.4 is 0 Å². The van der Waals surface area contributed by atoms with E-state index in [1.165, 1.54) is 10.9 Å². The summed E-state index contributed by atoms with van der Waals surface area (Å²) in [5.41, 5.74) is 2.93. The molecule has 3 heterocycles. The summed E-state index contributed by atoms with van der Waals surface area (Å²) >= 11 is 0. The second-order valence-corrected chi connectivity index (χ2v) is 6.24. The number of benzene rings is 1. The molecule has 0 saturated carbocycles. The minimum absolute atomic E-state index is 0.0819. The predicted molar refractivity (Wildman–Crippen MR) is 81.5 cm³/mol. The van der Waals surface area contributed by atoms with Crippen LogP contribution in [-0.4, -0.2) is 33.4 Å². The Morgan fingerprint density at radius 2 is 2.14 bits per heavy atom. The standard InChI is InChI=1S/C17H18N2O3/c20-14-5-8-17(9-6-15(21)22)16-12(7-10-19(14)17)11-3-1-2-4-13(11)18-16/h1-4,18H,5-10H2,(H,21,22). The van der Waals surface area contributed by atoms with Crippen molar-refractivity contribution in [2.24, 2.45) is 0 Å². The van der Waals surface area contributed by atoms with Gasteiger partial charge in [0.2, 0.25) is 5.91 Å². The number of nitrogens with zero attached hydrogens (tertiary/aromatic N) is 1. The molecule has 1 unspecified atom stereocenters. The van der Waals surface area contributed by atoms with Crippen molar-refractivity contribution in [1.29, 1.82) is 0 Å². The lowest BCUT2D eigenvalue weighted by Gasteiger charge is -2.42. The summed E-state index contributed by atoms with van der Waals surface area (Å²) < 4.78 is 0. The summed E-state index contributed by atoms with van der Waals surface area (Å²) in [7, 11) is 0. The molecule has 0 bridgehead atoms. The lowest BCUT2D eigenvalue weighted by molar-refractivity contribution is -0.139. The summed E-state index contributed by atoms with van der Waals surface area (Å²) in [6.07, 6.45) is 2.61. The number of fused-ring (bicyclic) bond motifs is 5. The van der Waals surface area contributed by atoms with E-state index in [4.69, 9.17) is 5.11 Å². The van der Waals surface area contributed by atoms with Gasteiger partial charge in [-0.3, -0.25) is 9.59 Å². The average Bonchev–Trinajstić information content (AvgIpc) is 3.05. The Kier molecular flexibility index (Phi) is 2.79. The third kappa shape index (κ3) is 1.71. The highest BCUT2D eigenvalue weighted by Crippen LogP contribution is 2.48. The van der Waals surface area contributed by atoms with E-state index in [1.807, 2.05) is 23.1 Å². The number of carbonyl (C=O) groups is 2. The van der Waals surface area contributed by atoms with Crippen molar-refractivity contribution in [3.05, 3.63) is 35.5 Å². The topological polar surface area (TPSA) is 73.4 Å². The third-order valence-electron chi connectivity index (χ3n) is 5.19. The van der Waals surface area contributed by atoms with Crippen LogP contribution in [0.3, 0.4) is 0 Å². The van der Waals surface area contributed by atoms with Crippen molar-refractivity contribution in [2.45, 2.75) is 37.6 Å². The zero-order valence-corrected chi connectivity index (χ0v) is 12.3. The van der Waals surface area contributed by atoms with Crippen LogP contribution in [0, 0.1) is 0 Å². The molecule has 5 heteroatoms. The lowest BCUT2D eigenvalue weighted by atomic mass is 9.81. The van der Waals surface area contributed by atoms with E-state index in [0.29, 0.717) is 25.8 Å². The first-order chi connectivity index (χ1) is 10.6. The van der Waals surface area contributed by atoms with Crippen LogP contribution in [0.4, 0.5) is 0 Å². The minimum atomic E-state index is -0.808. The Labute approximate surface area is 127 Å². The number of hydrogen-bond acceptors (Lipinski definition) is 2. The lowest BCUT2D eigenvalue weighted by Crippen LogP contribution is -2.48. The number of aromatic amines is 1. The number of para-hydroxylation sites is 1. The molecule has 1 atom stereocenters. The highest BCUT2D eigenvalue weighted by atomic mass is 16.4. The van der Waals surface area contributed by atoms with Gasteiger partial charge in [-0.25, -0.2) is 0 Å². The molecule has 2 aliphatic heterocycles. The monoisotopic (exact) mass is 298 g/mol. The fourth-order valence-electron chi connectivity index (χ4n) is 4.20. The molecule has 1 amide bonds. The van der Waals surface area contributed by atoms with Crippen LogP contribution >= 0.6 is 0 Å². The number of aromatic nitrogens is 1. The van der Waals surface area contributed by atoms with Gasteiger partial charge in [0.1, 0.15) is 0 Å². The van der Waals surface area contributed by atoms with Gasteiger partial charge in [0.05, 0.1) is 5.54 Å². The summed E-state index contributed by atoms with van der Waals surface area (Å²) in [5, 5.41) is 10.3. The van der Waals surface area contributed by atoms with Crippen molar-refractivity contribution >= 4 is 22.8 Å². The van der Waals surface area contributed by atoms with E-state index in [-0.39, 0.29) is 12.3 Å². The van der Waals surface area contributed by atoms with Gasteiger partial charge in [-0.05, 0) is 30.9 Å². The number of rotatable bonds is 3. The number of aliphatic carboxylic acids is 1. The van der Waals surface area contributed by atoms with Gasteiger partial charge in [-0.15, -0.1) is 0 Å². The van der Waals surface area contributed by atoms with Gasteiger partial charge >= 0.3 is 5.97 Å². The Morgan fingerprint density at radius 3 is 2.95 bits per heavy atom. The molecule has 114 valence electrons. The maximum absolute atomic E-state index is 12.2. The SMILES string of the molecule is O=C(O)CCC12CCC(=O)N1CCc1c2[nH]c2ccccc12. The quantitative estimate of drug-likeness (QED) is 0.914. The summed E-state index contributed by atoms with van der Waals surface area (Å²) in [6.45, 7) is 0.688. The Morgan fingerprint density at radius 1 is 1.32 bits per heavy atom. The van der Waals surface area contributed by atoms with Crippen LogP contribution in [0.25, 0.3) is 10.9 Å². The molecule has 0 spiro atoms. The second-order valence-electron chi connectivity index (χ2n) is 6.24. The molecule has 2 N–H and O–H groups in total. The van der Waals surface area contributed by atoms with Gasteiger partial charge in [0.25, 0.3) is 0 Å². The molecular weight excluding hydrogens is 280 g/mol. The van der Waals surface area contributed by atoms with Crippen molar-refractivity contribution in [3.8, 4) is 0 Å². The van der Waals surface area contributed by atoms with Crippen LogP contribution in [0.5, 0.6) is 0 Å². The molecule has 1 aromatic carbocycles. The predicted octanol–water partition coefficient (Wildman–Crippen LogP) is 2.41. The molecule has 2 aromatic rings. The molecule has 22 heavy (non-hydrogen) atoms. The highest BCUT2D eigenvalue weighted by molar-refractivity contribution is 5.88. The zero-order chi connectivity index (χ0) is 15.3. The first kappa shape index (κ1) is 13.4. The highest BCUT2D eigenvalue weighted by Gasteiger charge is 2.50. The molecule has 1 fully saturated rings. The van der Waals surface area contributed by atoms with E-state index in [1.54, 1.807) is 0 Å².